The maximum Gasteiger partial charge on any atom is 0.331 e. The molecule has 0 fully saturated rings. The second-order valence-corrected chi connectivity index (χ2v) is 6.19. The number of esters is 1. The van der Waals surface area contributed by atoms with Gasteiger partial charge in [0, 0.05) is 0 Å². The summed E-state index contributed by atoms with van der Waals surface area (Å²) in [5, 5.41) is 3.33. The molecule has 0 saturated heterocycles. The molecule has 0 radical (unpaired) electrons. The Bertz CT molecular complexity index is 797. The number of ether oxygens (including phenoxy) is 1. The van der Waals surface area contributed by atoms with Crippen LogP contribution >= 0.6 is 11.6 Å². The van der Waals surface area contributed by atoms with E-state index < -0.39 is 0 Å². The molecule has 0 aromatic heterocycles. The van der Waals surface area contributed by atoms with Crippen LogP contribution in [0.15, 0.2) is 36.4 Å². The fourth-order valence-corrected chi connectivity index (χ4v) is 3.14. The number of fused-ring (bicyclic) bond motifs is 1. The minimum atomic E-state index is -0.383. The predicted molar refractivity (Wildman–Crippen MR) is 93.8 cm³/mol. The van der Waals surface area contributed by atoms with Crippen LogP contribution in [0.4, 0.5) is 11.4 Å². The number of hydrogen-bond donors (Lipinski definition) is 1. The van der Waals surface area contributed by atoms with E-state index in [1.165, 1.54) is 0 Å². The fraction of sp³-hybridized carbons (Fsp3) is 0.222. The second-order valence-electron chi connectivity index (χ2n) is 5.78. The fourth-order valence-electron chi connectivity index (χ4n) is 2.77. The summed E-state index contributed by atoms with van der Waals surface area (Å²) >= 11 is 6.22. The number of para-hydroxylation sites is 2. The molecule has 24 heavy (non-hydrogen) atoms. The van der Waals surface area contributed by atoms with Crippen molar-refractivity contribution in [3.8, 4) is 5.75 Å². The van der Waals surface area contributed by atoms with Crippen LogP contribution < -0.4 is 15.0 Å². The van der Waals surface area contributed by atoms with Crippen molar-refractivity contribution in [2.45, 2.75) is 13.8 Å². The van der Waals surface area contributed by atoms with E-state index in [9.17, 15) is 9.59 Å². The lowest BCUT2D eigenvalue weighted by molar-refractivity contribution is -0.133. The third-order valence-electron chi connectivity index (χ3n) is 3.78. The van der Waals surface area contributed by atoms with E-state index in [-0.39, 0.29) is 25.0 Å². The standard InChI is InChI=1S/C18H17ClN2O3/c1-11-7-12(2)18(13(19)8-11)20-16(22)9-21-10-17(23)24-15-6-4-3-5-14(15)21/h3-8H,9-10H2,1-2H3,(H,20,22). The van der Waals surface area contributed by atoms with Gasteiger partial charge in [-0.2, -0.15) is 0 Å². The third kappa shape index (κ3) is 3.36. The molecule has 1 heterocycles. The highest BCUT2D eigenvalue weighted by Gasteiger charge is 2.25. The highest BCUT2D eigenvalue weighted by Crippen LogP contribution is 2.31. The number of halogens is 1. The minimum absolute atomic E-state index is 0.0328. The van der Waals surface area contributed by atoms with Crippen molar-refractivity contribution in [3.05, 3.63) is 52.5 Å². The first-order chi connectivity index (χ1) is 11.4. The molecular weight excluding hydrogens is 328 g/mol. The van der Waals surface area contributed by atoms with Gasteiger partial charge in [0.15, 0.2) is 5.75 Å². The van der Waals surface area contributed by atoms with E-state index in [0.29, 0.717) is 16.5 Å². The average molecular weight is 345 g/mol. The number of benzene rings is 2. The van der Waals surface area contributed by atoms with Gasteiger partial charge in [-0.05, 0) is 43.2 Å². The Morgan fingerprint density at radius 2 is 2.04 bits per heavy atom. The molecule has 124 valence electrons. The van der Waals surface area contributed by atoms with Crippen LogP contribution in [-0.2, 0) is 9.59 Å². The molecule has 5 nitrogen and oxygen atoms in total. The molecule has 3 rings (SSSR count). The Morgan fingerprint density at radius 3 is 2.79 bits per heavy atom. The maximum absolute atomic E-state index is 12.4. The van der Waals surface area contributed by atoms with Crippen molar-refractivity contribution < 1.29 is 14.3 Å². The van der Waals surface area contributed by atoms with E-state index in [0.717, 1.165) is 16.8 Å². The van der Waals surface area contributed by atoms with Gasteiger partial charge < -0.3 is 15.0 Å². The quantitative estimate of drug-likeness (QED) is 0.685. The van der Waals surface area contributed by atoms with E-state index in [4.69, 9.17) is 16.3 Å². The summed E-state index contributed by atoms with van der Waals surface area (Å²) in [6.45, 7) is 3.91. The summed E-state index contributed by atoms with van der Waals surface area (Å²) < 4.78 is 5.18. The van der Waals surface area contributed by atoms with Gasteiger partial charge in [0.05, 0.1) is 22.9 Å². The molecule has 1 amide bonds. The SMILES string of the molecule is Cc1cc(C)c(NC(=O)CN2CC(=O)Oc3ccccc32)c(Cl)c1. The highest BCUT2D eigenvalue weighted by atomic mass is 35.5. The monoisotopic (exact) mass is 344 g/mol. The van der Waals surface area contributed by atoms with Crippen LogP contribution in [-0.4, -0.2) is 25.0 Å². The van der Waals surface area contributed by atoms with E-state index in [1.807, 2.05) is 32.0 Å². The molecule has 2 aromatic rings. The Hall–Kier alpha value is -2.53. The molecule has 0 atom stereocenters. The van der Waals surface area contributed by atoms with Gasteiger partial charge in [0.25, 0.3) is 0 Å². The molecule has 0 spiro atoms. The van der Waals surface area contributed by atoms with Gasteiger partial charge in [-0.3, -0.25) is 4.79 Å². The van der Waals surface area contributed by atoms with Gasteiger partial charge >= 0.3 is 5.97 Å². The highest BCUT2D eigenvalue weighted by molar-refractivity contribution is 6.34. The Kier molecular flexibility index (Phi) is 4.44. The molecule has 0 bridgehead atoms. The van der Waals surface area contributed by atoms with E-state index in [2.05, 4.69) is 5.32 Å². The number of carbonyl (C=O) groups excluding carboxylic acids is 2. The Balaban J connectivity index is 1.78. The van der Waals surface area contributed by atoms with E-state index >= 15 is 0 Å². The number of amides is 1. The first-order valence-electron chi connectivity index (χ1n) is 7.55. The zero-order valence-electron chi connectivity index (χ0n) is 13.4. The molecular formula is C18H17ClN2O3. The number of hydrogen-bond acceptors (Lipinski definition) is 4. The zero-order chi connectivity index (χ0) is 17.3. The van der Waals surface area contributed by atoms with Crippen LogP contribution in [0.25, 0.3) is 0 Å². The van der Waals surface area contributed by atoms with Gasteiger partial charge in [-0.1, -0.05) is 29.8 Å². The molecule has 1 N–H and O–H groups in total. The van der Waals surface area contributed by atoms with Crippen LogP contribution in [0.1, 0.15) is 11.1 Å². The van der Waals surface area contributed by atoms with Gasteiger partial charge in [0.1, 0.15) is 6.54 Å². The van der Waals surface area contributed by atoms with Crippen LogP contribution in [0, 0.1) is 13.8 Å². The molecule has 2 aromatic carbocycles. The largest absolute Gasteiger partial charge is 0.423 e. The summed E-state index contributed by atoms with van der Waals surface area (Å²) in [6, 6.07) is 10.9. The molecule has 0 aliphatic carbocycles. The first kappa shape index (κ1) is 16.3. The van der Waals surface area contributed by atoms with Crippen molar-refractivity contribution in [1.82, 2.24) is 0 Å². The predicted octanol–water partition coefficient (Wildman–Crippen LogP) is 3.32. The zero-order valence-corrected chi connectivity index (χ0v) is 14.2. The number of rotatable bonds is 3. The molecule has 1 aliphatic rings. The molecule has 0 unspecified atom stereocenters. The number of aryl methyl sites for hydroxylation is 2. The normalized spacial score (nSPS) is 13.3. The van der Waals surface area contributed by atoms with Crippen molar-refractivity contribution >= 4 is 34.9 Å². The van der Waals surface area contributed by atoms with Gasteiger partial charge in [-0.15, -0.1) is 0 Å². The molecule has 6 heteroatoms. The lowest BCUT2D eigenvalue weighted by Gasteiger charge is -2.29. The first-order valence-corrected chi connectivity index (χ1v) is 7.93. The maximum atomic E-state index is 12.4. The van der Waals surface area contributed by atoms with Crippen molar-refractivity contribution in [2.24, 2.45) is 0 Å². The minimum Gasteiger partial charge on any atom is -0.423 e. The summed E-state index contributed by atoms with van der Waals surface area (Å²) in [5.74, 6) is -0.162. The summed E-state index contributed by atoms with van der Waals surface area (Å²) in [4.78, 5) is 25.8. The van der Waals surface area contributed by atoms with Gasteiger partial charge in [-0.25, -0.2) is 4.79 Å². The van der Waals surface area contributed by atoms with Crippen LogP contribution in [0.3, 0.4) is 0 Å². The number of carbonyl (C=O) groups is 2. The van der Waals surface area contributed by atoms with E-state index in [1.54, 1.807) is 23.1 Å². The second kappa shape index (κ2) is 6.53. The van der Waals surface area contributed by atoms with Crippen LogP contribution in [0.2, 0.25) is 5.02 Å². The number of nitrogens with one attached hydrogen (secondary N) is 1. The lowest BCUT2D eigenvalue weighted by atomic mass is 10.1. The molecule has 1 aliphatic heterocycles. The third-order valence-corrected chi connectivity index (χ3v) is 4.08. The van der Waals surface area contributed by atoms with Gasteiger partial charge in [0.2, 0.25) is 5.91 Å². The molecule has 0 saturated carbocycles. The summed E-state index contributed by atoms with van der Waals surface area (Å²) in [5.41, 5.74) is 3.24. The lowest BCUT2D eigenvalue weighted by Crippen LogP contribution is -2.41. The smallest absolute Gasteiger partial charge is 0.331 e. The number of nitrogens with zero attached hydrogens (tertiary/aromatic N) is 1. The summed E-state index contributed by atoms with van der Waals surface area (Å²) in [7, 11) is 0. The number of anilines is 2. The van der Waals surface area contributed by atoms with Crippen molar-refractivity contribution in [2.75, 3.05) is 23.3 Å². The summed E-state index contributed by atoms with van der Waals surface area (Å²) in [6.07, 6.45) is 0. The Morgan fingerprint density at radius 1 is 1.29 bits per heavy atom. The topological polar surface area (TPSA) is 58.6 Å². The van der Waals surface area contributed by atoms with Crippen molar-refractivity contribution in [1.29, 1.82) is 0 Å². The van der Waals surface area contributed by atoms with Crippen LogP contribution in [0.5, 0.6) is 5.75 Å². The average Bonchev–Trinajstić information content (AvgIpc) is 2.50. The van der Waals surface area contributed by atoms with Crippen molar-refractivity contribution in [3.63, 3.8) is 0 Å². The Labute approximate surface area is 145 Å².